The number of nitrogens with zero attached hydrogens (tertiary/aromatic N) is 3. The number of carbonyl (C=O) groups is 6. The normalized spacial score (nSPS) is 15.8. The molecule has 0 N–H and O–H groups in total. The van der Waals surface area contributed by atoms with E-state index >= 15 is 0 Å². The smallest absolute Gasteiger partial charge is 0.335 e. The minimum Gasteiger partial charge on any atom is -0.426 e. The summed E-state index contributed by atoms with van der Waals surface area (Å²) in [6.45, 7) is 10.6. The van der Waals surface area contributed by atoms with Gasteiger partial charge in [0.2, 0.25) is 0 Å². The quantitative estimate of drug-likeness (QED) is 0.0996. The summed E-state index contributed by atoms with van der Waals surface area (Å²) in [5.74, 6) is -2.14. The van der Waals surface area contributed by atoms with Crippen LogP contribution in [0.1, 0.15) is 0 Å². The van der Waals surface area contributed by atoms with E-state index in [0.717, 1.165) is 36.5 Å². The van der Waals surface area contributed by atoms with Crippen molar-refractivity contribution in [3.05, 3.63) is 73.5 Å². The fourth-order valence-corrected chi connectivity index (χ4v) is 3.04. The summed E-state index contributed by atoms with van der Waals surface area (Å²) in [6.07, 6.45) is 7.47. The molecular formula is C24H27N3O9. The van der Waals surface area contributed by atoms with Gasteiger partial charge in [0, 0.05) is 36.5 Å². The van der Waals surface area contributed by atoms with E-state index in [0.29, 0.717) is 18.9 Å². The SMILES string of the molecule is C=CC(=O)OC(=CC=O)CN1CN(CC(=CC=O)OC(=O)C=C)CN(CC(=CC=O)OC(=O)C=C)C1. The Bertz CT molecular complexity index is 852. The lowest BCUT2D eigenvalue weighted by molar-refractivity contribution is -0.134. The molecule has 0 radical (unpaired) electrons. The van der Waals surface area contributed by atoms with E-state index in [4.69, 9.17) is 14.2 Å². The zero-order chi connectivity index (χ0) is 26.9. The molecule has 1 fully saturated rings. The van der Waals surface area contributed by atoms with Crippen LogP contribution in [-0.2, 0) is 43.0 Å². The number of hydrogen-bond acceptors (Lipinski definition) is 12. The molecule has 1 heterocycles. The largest absolute Gasteiger partial charge is 0.426 e. The Morgan fingerprint density at radius 2 is 0.806 bits per heavy atom. The summed E-state index contributed by atoms with van der Waals surface area (Å²) in [5.41, 5.74) is 0. The number of allylic oxidation sites excluding steroid dienone is 3. The number of carbonyl (C=O) groups excluding carboxylic acids is 6. The van der Waals surface area contributed by atoms with Gasteiger partial charge < -0.3 is 14.2 Å². The predicted molar refractivity (Wildman–Crippen MR) is 126 cm³/mol. The van der Waals surface area contributed by atoms with Crippen molar-refractivity contribution in [3.8, 4) is 0 Å². The maximum atomic E-state index is 11.6. The number of hydrogen-bond donors (Lipinski definition) is 0. The van der Waals surface area contributed by atoms with Crippen LogP contribution in [0, 0.1) is 0 Å². The second-order valence-corrected chi connectivity index (χ2v) is 7.09. The van der Waals surface area contributed by atoms with E-state index < -0.39 is 17.9 Å². The van der Waals surface area contributed by atoms with E-state index in [9.17, 15) is 28.8 Å². The molecule has 1 rings (SSSR count). The highest BCUT2D eigenvalue weighted by Gasteiger charge is 2.27. The van der Waals surface area contributed by atoms with Gasteiger partial charge in [0.15, 0.2) is 0 Å². The van der Waals surface area contributed by atoms with E-state index in [1.807, 2.05) is 0 Å². The van der Waals surface area contributed by atoms with E-state index in [1.165, 1.54) is 0 Å². The highest BCUT2D eigenvalue weighted by molar-refractivity contribution is 5.83. The van der Waals surface area contributed by atoms with Crippen LogP contribution in [-0.4, -0.2) is 91.1 Å². The highest BCUT2D eigenvalue weighted by atomic mass is 16.5. The van der Waals surface area contributed by atoms with Crippen LogP contribution < -0.4 is 0 Å². The number of ether oxygens (including phenoxy) is 3. The monoisotopic (exact) mass is 501 g/mol. The first-order valence-electron chi connectivity index (χ1n) is 10.4. The lowest BCUT2D eigenvalue weighted by atomic mass is 10.3. The fraction of sp³-hybridized carbons (Fsp3) is 0.250. The number of aldehydes is 3. The third-order valence-corrected chi connectivity index (χ3v) is 4.30. The van der Waals surface area contributed by atoms with Gasteiger partial charge in [-0.15, -0.1) is 0 Å². The van der Waals surface area contributed by atoms with Crippen LogP contribution in [0.2, 0.25) is 0 Å². The number of rotatable bonds is 15. The minimum atomic E-state index is -0.756. The first kappa shape index (κ1) is 29.8. The molecule has 0 atom stereocenters. The van der Waals surface area contributed by atoms with Gasteiger partial charge in [-0.3, -0.25) is 29.1 Å². The Balaban J connectivity index is 3.18. The molecule has 1 saturated heterocycles. The van der Waals surface area contributed by atoms with Gasteiger partial charge in [-0.1, -0.05) is 19.7 Å². The molecule has 0 unspecified atom stereocenters. The molecule has 192 valence electrons. The summed E-state index contributed by atoms with van der Waals surface area (Å²) in [7, 11) is 0. The summed E-state index contributed by atoms with van der Waals surface area (Å²) in [5, 5.41) is 0. The van der Waals surface area contributed by atoms with Crippen LogP contribution in [0.5, 0.6) is 0 Å². The molecule has 0 aromatic heterocycles. The second kappa shape index (κ2) is 16.4. The molecule has 1 aliphatic rings. The van der Waals surface area contributed by atoms with Crippen LogP contribution in [0.3, 0.4) is 0 Å². The summed E-state index contributed by atoms with van der Waals surface area (Å²) >= 11 is 0. The highest BCUT2D eigenvalue weighted by Crippen LogP contribution is 2.15. The molecular weight excluding hydrogens is 474 g/mol. The average Bonchev–Trinajstić information content (AvgIpc) is 2.84. The van der Waals surface area contributed by atoms with Gasteiger partial charge >= 0.3 is 17.9 Å². The Morgan fingerprint density at radius 1 is 0.556 bits per heavy atom. The van der Waals surface area contributed by atoms with Crippen LogP contribution >= 0.6 is 0 Å². The standard InChI is InChI=1S/C24H27N3O9/c1-4-22(31)34-19(7-10-28)13-25-16-26(14-20(8-11-29)35-23(32)5-2)18-27(17-25)15-21(9-12-30)36-24(33)6-3/h4-12H,1-3,13-18H2. The van der Waals surface area contributed by atoms with Gasteiger partial charge in [0.1, 0.15) is 36.1 Å². The predicted octanol–water partition coefficient (Wildman–Crippen LogP) is 0.215. The van der Waals surface area contributed by atoms with Crippen molar-refractivity contribution in [3.63, 3.8) is 0 Å². The molecule has 0 spiro atoms. The van der Waals surface area contributed by atoms with E-state index in [2.05, 4.69) is 19.7 Å². The van der Waals surface area contributed by atoms with Crippen molar-refractivity contribution >= 4 is 36.8 Å². The summed E-state index contributed by atoms with van der Waals surface area (Å²) in [6, 6.07) is 0. The third kappa shape index (κ3) is 11.2. The van der Waals surface area contributed by atoms with Crippen molar-refractivity contribution in [2.75, 3.05) is 39.6 Å². The third-order valence-electron chi connectivity index (χ3n) is 4.30. The van der Waals surface area contributed by atoms with Gasteiger partial charge in [-0.05, 0) is 0 Å². The van der Waals surface area contributed by atoms with Gasteiger partial charge in [-0.25, -0.2) is 14.4 Å². The summed E-state index contributed by atoms with van der Waals surface area (Å²) < 4.78 is 15.3. The zero-order valence-electron chi connectivity index (χ0n) is 19.6. The molecule has 1 aliphatic heterocycles. The first-order valence-corrected chi connectivity index (χ1v) is 10.4. The van der Waals surface area contributed by atoms with Crippen molar-refractivity contribution in [1.82, 2.24) is 14.7 Å². The average molecular weight is 501 g/mol. The number of esters is 3. The van der Waals surface area contributed by atoms with Gasteiger partial charge in [0.05, 0.1) is 39.6 Å². The Kier molecular flexibility index (Phi) is 13.5. The van der Waals surface area contributed by atoms with Crippen molar-refractivity contribution in [2.45, 2.75) is 0 Å². The maximum Gasteiger partial charge on any atom is 0.335 e. The Morgan fingerprint density at radius 3 is 1.00 bits per heavy atom. The van der Waals surface area contributed by atoms with E-state index in [-0.39, 0.29) is 56.9 Å². The van der Waals surface area contributed by atoms with Crippen LogP contribution in [0.4, 0.5) is 0 Å². The van der Waals surface area contributed by atoms with Crippen LogP contribution in [0.15, 0.2) is 73.5 Å². The molecule has 12 heteroatoms. The lowest BCUT2D eigenvalue weighted by Crippen LogP contribution is -2.56. The van der Waals surface area contributed by atoms with Crippen molar-refractivity contribution in [2.24, 2.45) is 0 Å². The summed E-state index contributed by atoms with van der Waals surface area (Å²) in [4.78, 5) is 73.2. The molecule has 0 amide bonds. The molecule has 0 bridgehead atoms. The van der Waals surface area contributed by atoms with Crippen LogP contribution in [0.25, 0.3) is 0 Å². The molecule has 36 heavy (non-hydrogen) atoms. The van der Waals surface area contributed by atoms with Gasteiger partial charge in [0.25, 0.3) is 0 Å². The topological polar surface area (TPSA) is 140 Å². The molecule has 0 saturated carbocycles. The van der Waals surface area contributed by atoms with Crippen molar-refractivity contribution in [1.29, 1.82) is 0 Å². The molecule has 0 aliphatic carbocycles. The van der Waals surface area contributed by atoms with Crippen molar-refractivity contribution < 1.29 is 43.0 Å². The van der Waals surface area contributed by atoms with E-state index in [1.54, 1.807) is 14.7 Å². The molecule has 12 nitrogen and oxygen atoms in total. The Hall–Kier alpha value is -4.26. The van der Waals surface area contributed by atoms with Gasteiger partial charge in [-0.2, -0.15) is 0 Å². The maximum absolute atomic E-state index is 11.6. The minimum absolute atomic E-state index is 0.00364. The zero-order valence-corrected chi connectivity index (χ0v) is 19.6. The fourth-order valence-electron chi connectivity index (χ4n) is 3.04. The lowest BCUT2D eigenvalue weighted by Gasteiger charge is -2.42. The Labute approximate surface area is 208 Å². The first-order chi connectivity index (χ1) is 17.3. The molecule has 0 aromatic rings. The second-order valence-electron chi connectivity index (χ2n) is 7.09. The molecule has 0 aromatic carbocycles.